The van der Waals surface area contributed by atoms with Crippen LogP contribution in [0, 0.1) is 0 Å². The summed E-state index contributed by atoms with van der Waals surface area (Å²) >= 11 is 11.8. The van der Waals surface area contributed by atoms with Crippen molar-refractivity contribution in [3.63, 3.8) is 0 Å². The average molecular weight is 437 g/mol. The fourth-order valence-electron chi connectivity index (χ4n) is 2.01. The van der Waals surface area contributed by atoms with E-state index < -0.39 is 20.0 Å². The van der Waals surface area contributed by atoms with Crippen LogP contribution in [0.2, 0.25) is 10.0 Å². The highest BCUT2D eigenvalue weighted by atomic mass is 35.5. The van der Waals surface area contributed by atoms with E-state index in [9.17, 15) is 16.8 Å². The number of halogens is 2. The van der Waals surface area contributed by atoms with Gasteiger partial charge in [-0.1, -0.05) is 30.1 Å². The maximum atomic E-state index is 12.5. The van der Waals surface area contributed by atoms with Crippen molar-refractivity contribution in [3.05, 3.63) is 52.5 Å². The minimum Gasteiger partial charge on any atom is -0.280 e. The standard InChI is InChI=1S/C16H18Cl2N2O4S2/c1-3-11(2)19-25(21,22)14-7-5-13(6-8-14)20-26(23,24)16-10-12(17)4-9-15(16)18/h4-11,19-20H,3H2,1-2H3/t11-/m1/s1. The zero-order chi connectivity index (χ0) is 19.5. The minimum absolute atomic E-state index is 0.0267. The van der Waals surface area contributed by atoms with E-state index >= 15 is 0 Å². The Balaban J connectivity index is 2.25. The summed E-state index contributed by atoms with van der Waals surface area (Å²) in [5, 5.41) is 0.256. The van der Waals surface area contributed by atoms with Crippen LogP contribution in [-0.2, 0) is 20.0 Å². The van der Waals surface area contributed by atoms with E-state index in [2.05, 4.69) is 9.44 Å². The van der Waals surface area contributed by atoms with Crippen LogP contribution in [0.25, 0.3) is 0 Å². The van der Waals surface area contributed by atoms with Crippen LogP contribution in [0.4, 0.5) is 5.69 Å². The molecule has 6 nitrogen and oxygen atoms in total. The SMILES string of the molecule is CC[C@@H](C)NS(=O)(=O)c1ccc(NS(=O)(=O)c2cc(Cl)ccc2Cl)cc1. The topological polar surface area (TPSA) is 92.3 Å². The first kappa shape index (κ1) is 21.0. The Labute approximate surface area is 163 Å². The highest BCUT2D eigenvalue weighted by molar-refractivity contribution is 7.92. The summed E-state index contributed by atoms with van der Waals surface area (Å²) in [6.45, 7) is 3.63. The second-order valence-electron chi connectivity index (χ2n) is 5.64. The minimum atomic E-state index is -3.97. The van der Waals surface area contributed by atoms with Gasteiger partial charge in [0.1, 0.15) is 4.90 Å². The molecule has 0 aliphatic carbocycles. The first-order valence-corrected chi connectivity index (χ1v) is 11.4. The summed E-state index contributed by atoms with van der Waals surface area (Å²) in [4.78, 5) is -0.122. The molecule has 2 rings (SSSR count). The van der Waals surface area contributed by atoms with Crippen LogP contribution < -0.4 is 9.44 Å². The van der Waals surface area contributed by atoms with Crippen molar-refractivity contribution in [2.24, 2.45) is 0 Å². The van der Waals surface area contributed by atoms with E-state index in [-0.39, 0.29) is 31.6 Å². The molecule has 0 aliphatic rings. The Morgan fingerprint density at radius 3 is 2.15 bits per heavy atom. The highest BCUT2D eigenvalue weighted by Gasteiger charge is 2.20. The molecule has 0 fully saturated rings. The van der Waals surface area contributed by atoms with Gasteiger partial charge >= 0.3 is 0 Å². The fraction of sp³-hybridized carbons (Fsp3) is 0.250. The number of rotatable bonds is 7. The van der Waals surface area contributed by atoms with Gasteiger partial charge in [-0.15, -0.1) is 0 Å². The van der Waals surface area contributed by atoms with Crippen molar-refractivity contribution in [3.8, 4) is 0 Å². The molecule has 0 saturated carbocycles. The molecule has 2 N–H and O–H groups in total. The molecule has 0 heterocycles. The first-order valence-electron chi connectivity index (χ1n) is 7.65. The van der Waals surface area contributed by atoms with Gasteiger partial charge in [-0.2, -0.15) is 0 Å². The molecule has 2 aromatic rings. The number of hydrogen-bond acceptors (Lipinski definition) is 4. The Morgan fingerprint density at radius 1 is 0.962 bits per heavy atom. The third kappa shape index (κ3) is 5.11. The van der Waals surface area contributed by atoms with Gasteiger partial charge in [0.2, 0.25) is 10.0 Å². The zero-order valence-corrected chi connectivity index (χ0v) is 17.2. The van der Waals surface area contributed by atoms with Gasteiger partial charge in [-0.05, 0) is 55.8 Å². The lowest BCUT2D eigenvalue weighted by Crippen LogP contribution is -2.31. The summed E-state index contributed by atoms with van der Waals surface area (Å²) in [6.07, 6.45) is 0.650. The van der Waals surface area contributed by atoms with Crippen molar-refractivity contribution in [1.29, 1.82) is 0 Å². The summed E-state index contributed by atoms with van der Waals surface area (Å²) < 4.78 is 54.2. The molecule has 0 aromatic heterocycles. The lowest BCUT2D eigenvalue weighted by molar-refractivity contribution is 0.556. The Morgan fingerprint density at radius 2 is 1.58 bits per heavy atom. The zero-order valence-electron chi connectivity index (χ0n) is 14.0. The molecule has 0 radical (unpaired) electrons. The predicted octanol–water partition coefficient (Wildman–Crippen LogP) is 3.87. The second-order valence-corrected chi connectivity index (χ2v) is 9.84. The maximum absolute atomic E-state index is 12.5. The molecule has 0 amide bonds. The van der Waals surface area contributed by atoms with E-state index in [1.165, 1.54) is 42.5 Å². The van der Waals surface area contributed by atoms with Gasteiger partial charge in [0.15, 0.2) is 0 Å². The van der Waals surface area contributed by atoms with Crippen LogP contribution in [0.3, 0.4) is 0 Å². The molecule has 0 bridgehead atoms. The summed E-state index contributed by atoms with van der Waals surface area (Å²) in [5.41, 5.74) is 0.198. The van der Waals surface area contributed by atoms with Crippen molar-refractivity contribution in [2.45, 2.75) is 36.1 Å². The quantitative estimate of drug-likeness (QED) is 0.688. The normalized spacial score (nSPS) is 13.4. The van der Waals surface area contributed by atoms with E-state index in [4.69, 9.17) is 23.2 Å². The number of benzene rings is 2. The van der Waals surface area contributed by atoms with Gasteiger partial charge < -0.3 is 0 Å². The molecule has 10 heteroatoms. The Bertz CT molecular complexity index is 991. The third-order valence-electron chi connectivity index (χ3n) is 3.57. The monoisotopic (exact) mass is 436 g/mol. The van der Waals surface area contributed by atoms with Crippen molar-refractivity contribution in [2.75, 3.05) is 4.72 Å². The molecule has 2 aromatic carbocycles. The average Bonchev–Trinajstić information content (AvgIpc) is 2.56. The highest BCUT2D eigenvalue weighted by Crippen LogP contribution is 2.27. The smallest absolute Gasteiger partial charge is 0.263 e. The predicted molar refractivity (Wildman–Crippen MR) is 104 cm³/mol. The van der Waals surface area contributed by atoms with Crippen LogP contribution in [-0.4, -0.2) is 22.9 Å². The summed E-state index contributed by atoms with van der Waals surface area (Å²) in [6, 6.07) is 9.26. The van der Waals surface area contributed by atoms with Gasteiger partial charge in [0.05, 0.1) is 9.92 Å². The molecular formula is C16H18Cl2N2O4S2. The van der Waals surface area contributed by atoms with Crippen molar-refractivity contribution < 1.29 is 16.8 Å². The van der Waals surface area contributed by atoms with Crippen LogP contribution in [0.1, 0.15) is 20.3 Å². The van der Waals surface area contributed by atoms with Crippen LogP contribution in [0.5, 0.6) is 0 Å². The number of nitrogens with one attached hydrogen (secondary N) is 2. The largest absolute Gasteiger partial charge is 0.280 e. The number of sulfonamides is 2. The number of hydrogen-bond donors (Lipinski definition) is 2. The second kappa shape index (κ2) is 8.14. The lowest BCUT2D eigenvalue weighted by atomic mass is 10.3. The Hall–Kier alpha value is -1.32. The molecule has 0 spiro atoms. The van der Waals surface area contributed by atoms with E-state index in [0.717, 1.165) is 0 Å². The number of anilines is 1. The van der Waals surface area contributed by atoms with E-state index in [1.807, 2.05) is 6.92 Å². The first-order chi connectivity index (χ1) is 12.0. The van der Waals surface area contributed by atoms with Crippen molar-refractivity contribution >= 4 is 48.9 Å². The summed E-state index contributed by atoms with van der Waals surface area (Å²) in [7, 11) is -7.63. The van der Waals surface area contributed by atoms with Crippen molar-refractivity contribution in [1.82, 2.24) is 4.72 Å². The molecule has 0 unspecified atom stereocenters. The molecule has 1 atom stereocenters. The lowest BCUT2D eigenvalue weighted by Gasteiger charge is -2.13. The third-order valence-corrected chi connectivity index (χ3v) is 7.27. The maximum Gasteiger partial charge on any atom is 0.263 e. The molecule has 26 heavy (non-hydrogen) atoms. The van der Waals surface area contributed by atoms with Gasteiger partial charge in [0.25, 0.3) is 10.0 Å². The molecular weight excluding hydrogens is 419 g/mol. The Kier molecular flexibility index (Phi) is 6.57. The summed E-state index contributed by atoms with van der Waals surface area (Å²) in [5.74, 6) is 0. The molecule has 0 aliphatic heterocycles. The van der Waals surface area contributed by atoms with E-state index in [1.54, 1.807) is 6.92 Å². The molecule has 142 valence electrons. The van der Waals surface area contributed by atoms with Gasteiger partial charge in [0, 0.05) is 16.8 Å². The van der Waals surface area contributed by atoms with E-state index in [0.29, 0.717) is 6.42 Å². The van der Waals surface area contributed by atoms with Gasteiger partial charge in [-0.25, -0.2) is 21.6 Å². The van der Waals surface area contributed by atoms with Crippen LogP contribution in [0.15, 0.2) is 52.3 Å². The van der Waals surface area contributed by atoms with Crippen LogP contribution >= 0.6 is 23.2 Å². The van der Waals surface area contributed by atoms with Gasteiger partial charge in [-0.3, -0.25) is 4.72 Å². The molecule has 0 saturated heterocycles. The fourth-order valence-corrected chi connectivity index (χ4v) is 5.16.